The summed E-state index contributed by atoms with van der Waals surface area (Å²) >= 11 is 5.87. The van der Waals surface area contributed by atoms with Crippen LogP contribution in [0.2, 0.25) is 5.02 Å². The summed E-state index contributed by atoms with van der Waals surface area (Å²) in [6, 6.07) is 8.69. The number of rotatable bonds is 6. The fourth-order valence-electron chi connectivity index (χ4n) is 2.36. The lowest BCUT2D eigenvalue weighted by Gasteiger charge is -2.36. The molecular formula is C14H19ClN2O. The van der Waals surface area contributed by atoms with Gasteiger partial charge in [0.15, 0.2) is 0 Å². The molecular weight excluding hydrogens is 248 g/mol. The third-order valence-corrected chi connectivity index (χ3v) is 3.76. The number of carbonyl (C=O) groups excluding carboxylic acids is 1. The molecule has 0 bridgehead atoms. The van der Waals surface area contributed by atoms with Crippen molar-refractivity contribution in [3.8, 4) is 0 Å². The average Bonchev–Trinajstić information content (AvgIpc) is 2.28. The van der Waals surface area contributed by atoms with Crippen LogP contribution in [-0.4, -0.2) is 18.5 Å². The van der Waals surface area contributed by atoms with E-state index in [0.29, 0.717) is 18.4 Å². The van der Waals surface area contributed by atoms with Crippen LogP contribution in [0.5, 0.6) is 0 Å². The standard InChI is InChI=1S/C14H19ClN2O/c15-12-5-3-10(4-6-12)11-8-13(9-11)17-7-1-2-14(16)18/h3-6,11,13,17H,1-2,7-9H2,(H2,16,18). The van der Waals surface area contributed by atoms with Gasteiger partial charge in [-0.1, -0.05) is 23.7 Å². The summed E-state index contributed by atoms with van der Waals surface area (Å²) in [5, 5.41) is 4.24. The molecule has 18 heavy (non-hydrogen) atoms. The Balaban J connectivity index is 1.64. The number of hydrogen-bond acceptors (Lipinski definition) is 2. The van der Waals surface area contributed by atoms with Crippen LogP contribution in [0.4, 0.5) is 0 Å². The third kappa shape index (κ3) is 3.72. The van der Waals surface area contributed by atoms with Crippen LogP contribution in [0.3, 0.4) is 0 Å². The maximum Gasteiger partial charge on any atom is 0.217 e. The second-order valence-corrected chi connectivity index (χ2v) is 5.38. The quantitative estimate of drug-likeness (QED) is 0.777. The van der Waals surface area contributed by atoms with Crippen molar-refractivity contribution in [2.75, 3.05) is 6.54 Å². The molecule has 4 heteroatoms. The molecule has 1 fully saturated rings. The maximum atomic E-state index is 10.6. The molecule has 0 unspecified atom stereocenters. The summed E-state index contributed by atoms with van der Waals surface area (Å²) in [4.78, 5) is 10.6. The Morgan fingerprint density at radius 1 is 1.33 bits per heavy atom. The molecule has 1 amide bonds. The number of halogens is 1. The van der Waals surface area contributed by atoms with E-state index >= 15 is 0 Å². The number of benzene rings is 1. The van der Waals surface area contributed by atoms with Crippen LogP contribution < -0.4 is 11.1 Å². The van der Waals surface area contributed by atoms with Crippen LogP contribution in [-0.2, 0) is 4.79 Å². The van der Waals surface area contributed by atoms with Crippen molar-refractivity contribution in [2.24, 2.45) is 5.73 Å². The van der Waals surface area contributed by atoms with Crippen molar-refractivity contribution in [3.05, 3.63) is 34.9 Å². The fourth-order valence-corrected chi connectivity index (χ4v) is 2.49. The highest BCUT2D eigenvalue weighted by Gasteiger charge is 2.29. The van der Waals surface area contributed by atoms with Gasteiger partial charge in [-0.15, -0.1) is 0 Å². The van der Waals surface area contributed by atoms with Crippen LogP contribution >= 0.6 is 11.6 Å². The Morgan fingerprint density at radius 3 is 2.61 bits per heavy atom. The Morgan fingerprint density at radius 2 is 2.00 bits per heavy atom. The van der Waals surface area contributed by atoms with Crippen molar-refractivity contribution in [2.45, 2.75) is 37.6 Å². The number of carbonyl (C=O) groups is 1. The highest BCUT2D eigenvalue weighted by atomic mass is 35.5. The molecule has 0 heterocycles. The van der Waals surface area contributed by atoms with E-state index in [4.69, 9.17) is 17.3 Å². The molecule has 0 aromatic heterocycles. The lowest BCUT2D eigenvalue weighted by Crippen LogP contribution is -2.40. The largest absolute Gasteiger partial charge is 0.370 e. The van der Waals surface area contributed by atoms with Gasteiger partial charge in [0.25, 0.3) is 0 Å². The van der Waals surface area contributed by atoms with Crippen molar-refractivity contribution >= 4 is 17.5 Å². The Hall–Kier alpha value is -1.06. The number of hydrogen-bond donors (Lipinski definition) is 2. The van der Waals surface area contributed by atoms with Gasteiger partial charge in [-0.05, 0) is 49.4 Å². The van der Waals surface area contributed by atoms with E-state index in [-0.39, 0.29) is 5.91 Å². The molecule has 1 aliphatic rings. The Kier molecular flexibility index (Phi) is 4.61. The predicted molar refractivity (Wildman–Crippen MR) is 73.6 cm³/mol. The molecule has 1 aromatic rings. The van der Waals surface area contributed by atoms with Gasteiger partial charge in [-0.2, -0.15) is 0 Å². The molecule has 0 radical (unpaired) electrons. The monoisotopic (exact) mass is 266 g/mol. The molecule has 1 aliphatic carbocycles. The molecule has 1 aromatic carbocycles. The second kappa shape index (κ2) is 6.21. The van der Waals surface area contributed by atoms with E-state index < -0.39 is 0 Å². The zero-order valence-electron chi connectivity index (χ0n) is 10.4. The summed E-state index contributed by atoms with van der Waals surface area (Å²) in [7, 11) is 0. The Labute approximate surface area is 113 Å². The molecule has 98 valence electrons. The minimum absolute atomic E-state index is 0.218. The van der Waals surface area contributed by atoms with Gasteiger partial charge in [-0.25, -0.2) is 0 Å². The summed E-state index contributed by atoms with van der Waals surface area (Å²) < 4.78 is 0. The van der Waals surface area contributed by atoms with E-state index in [1.54, 1.807) is 0 Å². The van der Waals surface area contributed by atoms with E-state index in [1.165, 1.54) is 5.56 Å². The van der Waals surface area contributed by atoms with E-state index in [9.17, 15) is 4.79 Å². The first-order chi connectivity index (χ1) is 8.65. The summed E-state index contributed by atoms with van der Waals surface area (Å²) in [6.45, 7) is 0.876. The molecule has 3 nitrogen and oxygen atoms in total. The number of amides is 1. The third-order valence-electron chi connectivity index (χ3n) is 3.51. The van der Waals surface area contributed by atoms with Gasteiger partial charge in [0.1, 0.15) is 0 Å². The van der Waals surface area contributed by atoms with Crippen molar-refractivity contribution in [1.29, 1.82) is 0 Å². The average molecular weight is 267 g/mol. The van der Waals surface area contributed by atoms with Crippen LogP contribution in [0.1, 0.15) is 37.2 Å². The van der Waals surface area contributed by atoms with E-state index in [0.717, 1.165) is 30.8 Å². The smallest absolute Gasteiger partial charge is 0.217 e. The number of nitrogens with two attached hydrogens (primary N) is 1. The molecule has 0 saturated heterocycles. The number of primary amides is 1. The van der Waals surface area contributed by atoms with Gasteiger partial charge in [0.2, 0.25) is 5.91 Å². The van der Waals surface area contributed by atoms with Crippen molar-refractivity contribution < 1.29 is 4.79 Å². The van der Waals surface area contributed by atoms with Crippen molar-refractivity contribution in [1.82, 2.24) is 5.32 Å². The predicted octanol–water partition coefficient (Wildman–Crippen LogP) is 2.44. The van der Waals surface area contributed by atoms with Gasteiger partial charge in [-0.3, -0.25) is 4.79 Å². The summed E-state index contributed by atoms with van der Waals surface area (Å²) in [5.41, 5.74) is 6.46. The van der Waals surface area contributed by atoms with E-state index in [2.05, 4.69) is 17.4 Å². The Bertz CT molecular complexity index is 399. The normalized spacial score (nSPS) is 22.5. The van der Waals surface area contributed by atoms with Crippen LogP contribution in [0.15, 0.2) is 24.3 Å². The van der Waals surface area contributed by atoms with Gasteiger partial charge < -0.3 is 11.1 Å². The first kappa shape index (κ1) is 13.4. The lowest BCUT2D eigenvalue weighted by atomic mass is 9.76. The highest BCUT2D eigenvalue weighted by Crippen LogP contribution is 2.37. The molecule has 0 atom stereocenters. The molecule has 3 N–H and O–H groups in total. The zero-order chi connectivity index (χ0) is 13.0. The molecule has 2 rings (SSSR count). The lowest BCUT2D eigenvalue weighted by molar-refractivity contribution is -0.118. The van der Waals surface area contributed by atoms with Crippen molar-refractivity contribution in [3.63, 3.8) is 0 Å². The number of nitrogens with one attached hydrogen (secondary N) is 1. The topological polar surface area (TPSA) is 55.1 Å². The molecule has 0 spiro atoms. The van der Waals surface area contributed by atoms with Crippen LogP contribution in [0.25, 0.3) is 0 Å². The molecule has 1 saturated carbocycles. The zero-order valence-corrected chi connectivity index (χ0v) is 11.1. The minimum Gasteiger partial charge on any atom is -0.370 e. The SMILES string of the molecule is NC(=O)CCCNC1CC(c2ccc(Cl)cc2)C1. The van der Waals surface area contributed by atoms with E-state index in [1.807, 2.05) is 12.1 Å². The highest BCUT2D eigenvalue weighted by molar-refractivity contribution is 6.30. The first-order valence-electron chi connectivity index (χ1n) is 6.42. The van der Waals surface area contributed by atoms with Gasteiger partial charge >= 0.3 is 0 Å². The summed E-state index contributed by atoms with van der Waals surface area (Å²) in [6.07, 6.45) is 3.63. The van der Waals surface area contributed by atoms with Gasteiger partial charge in [0.05, 0.1) is 0 Å². The van der Waals surface area contributed by atoms with Crippen LogP contribution in [0, 0.1) is 0 Å². The minimum atomic E-state index is -0.218. The first-order valence-corrected chi connectivity index (χ1v) is 6.80. The maximum absolute atomic E-state index is 10.6. The van der Waals surface area contributed by atoms with Gasteiger partial charge in [0, 0.05) is 17.5 Å². The summed E-state index contributed by atoms with van der Waals surface area (Å²) in [5.74, 6) is 0.431. The fraction of sp³-hybridized carbons (Fsp3) is 0.500. The molecule has 0 aliphatic heterocycles. The second-order valence-electron chi connectivity index (χ2n) is 4.94.